The summed E-state index contributed by atoms with van der Waals surface area (Å²) in [6.07, 6.45) is 0.259. The van der Waals surface area contributed by atoms with Gasteiger partial charge in [0.25, 0.3) is 0 Å². The lowest BCUT2D eigenvalue weighted by molar-refractivity contribution is -0.00518. The molecule has 1 aliphatic rings. The molecule has 1 aliphatic heterocycles. The molecule has 1 aromatic carbocycles. The zero-order valence-corrected chi connectivity index (χ0v) is 11.5. The van der Waals surface area contributed by atoms with Gasteiger partial charge in [-0.25, -0.2) is 4.39 Å². The quantitative estimate of drug-likeness (QED) is 0.811. The van der Waals surface area contributed by atoms with Gasteiger partial charge < -0.3 is 15.4 Å². The number of hydrogen-bond acceptors (Lipinski definition) is 3. The van der Waals surface area contributed by atoms with Gasteiger partial charge in [0.1, 0.15) is 5.82 Å². The van der Waals surface area contributed by atoms with Crippen LogP contribution in [0.2, 0.25) is 0 Å². The van der Waals surface area contributed by atoms with Crippen LogP contribution in [-0.2, 0) is 4.74 Å². The standard InChI is InChI=1S/C12H16BrFN2O/c1-7-5-16(6-8(2)17-7)12-4-10(14)9(13)3-11(12)15/h3-4,7-8H,5-6,15H2,1-2H3/t7-,8+. The third-order valence-electron chi connectivity index (χ3n) is 2.83. The summed E-state index contributed by atoms with van der Waals surface area (Å²) in [5.41, 5.74) is 7.26. The Morgan fingerprint density at radius 1 is 1.35 bits per heavy atom. The molecule has 0 amide bonds. The second-order valence-corrected chi connectivity index (χ2v) is 5.34. The van der Waals surface area contributed by atoms with Crippen LogP contribution in [0.4, 0.5) is 15.8 Å². The van der Waals surface area contributed by atoms with E-state index in [-0.39, 0.29) is 18.0 Å². The van der Waals surface area contributed by atoms with E-state index in [1.807, 2.05) is 13.8 Å². The van der Waals surface area contributed by atoms with E-state index in [4.69, 9.17) is 10.5 Å². The summed E-state index contributed by atoms with van der Waals surface area (Å²) < 4.78 is 19.6. The number of benzene rings is 1. The van der Waals surface area contributed by atoms with Crippen LogP contribution in [0.1, 0.15) is 13.8 Å². The highest BCUT2D eigenvalue weighted by Crippen LogP contribution is 2.31. The topological polar surface area (TPSA) is 38.5 Å². The van der Waals surface area contributed by atoms with Crippen molar-refractivity contribution in [3.05, 3.63) is 22.4 Å². The summed E-state index contributed by atoms with van der Waals surface area (Å²) in [4.78, 5) is 2.07. The van der Waals surface area contributed by atoms with E-state index in [9.17, 15) is 4.39 Å². The van der Waals surface area contributed by atoms with Gasteiger partial charge in [0, 0.05) is 19.2 Å². The molecule has 0 unspecified atom stereocenters. The predicted molar refractivity (Wildman–Crippen MR) is 70.7 cm³/mol. The minimum atomic E-state index is -0.291. The van der Waals surface area contributed by atoms with Crippen LogP contribution in [0.25, 0.3) is 0 Å². The largest absolute Gasteiger partial charge is 0.397 e. The van der Waals surface area contributed by atoms with Crippen LogP contribution in [-0.4, -0.2) is 25.3 Å². The number of nitrogens with zero attached hydrogens (tertiary/aromatic N) is 1. The number of rotatable bonds is 1. The third kappa shape index (κ3) is 2.72. The van der Waals surface area contributed by atoms with Gasteiger partial charge in [0.05, 0.1) is 28.1 Å². The molecular formula is C12H16BrFN2O. The van der Waals surface area contributed by atoms with E-state index in [0.29, 0.717) is 10.2 Å². The van der Waals surface area contributed by atoms with Gasteiger partial charge >= 0.3 is 0 Å². The molecule has 2 atom stereocenters. The lowest BCUT2D eigenvalue weighted by Crippen LogP contribution is -2.45. The molecule has 0 spiro atoms. The van der Waals surface area contributed by atoms with E-state index in [1.54, 1.807) is 6.07 Å². The van der Waals surface area contributed by atoms with Crippen LogP contribution in [0.5, 0.6) is 0 Å². The van der Waals surface area contributed by atoms with E-state index >= 15 is 0 Å². The van der Waals surface area contributed by atoms with Crippen LogP contribution < -0.4 is 10.6 Å². The minimum Gasteiger partial charge on any atom is -0.397 e. The monoisotopic (exact) mass is 302 g/mol. The van der Waals surface area contributed by atoms with Crippen molar-refractivity contribution in [2.24, 2.45) is 0 Å². The predicted octanol–water partition coefficient (Wildman–Crippen LogP) is 2.78. The highest BCUT2D eigenvalue weighted by Gasteiger charge is 2.24. The first-order chi connectivity index (χ1) is 7.97. The lowest BCUT2D eigenvalue weighted by Gasteiger charge is -2.37. The van der Waals surface area contributed by atoms with E-state index in [2.05, 4.69) is 20.8 Å². The van der Waals surface area contributed by atoms with Crippen molar-refractivity contribution in [1.29, 1.82) is 0 Å². The Hall–Kier alpha value is -0.810. The molecule has 2 rings (SSSR count). The number of nitrogens with two attached hydrogens (primary N) is 1. The van der Waals surface area contributed by atoms with Crippen LogP contribution in [0.3, 0.4) is 0 Å². The number of morpholine rings is 1. The van der Waals surface area contributed by atoms with Gasteiger partial charge in [-0.15, -0.1) is 0 Å². The van der Waals surface area contributed by atoms with Crippen molar-refractivity contribution >= 4 is 27.3 Å². The van der Waals surface area contributed by atoms with Crippen molar-refractivity contribution in [1.82, 2.24) is 0 Å². The maximum atomic E-state index is 13.5. The van der Waals surface area contributed by atoms with E-state index in [0.717, 1.165) is 18.8 Å². The van der Waals surface area contributed by atoms with Crippen LogP contribution in [0.15, 0.2) is 16.6 Å². The van der Waals surface area contributed by atoms with Gasteiger partial charge in [0.15, 0.2) is 0 Å². The molecule has 0 radical (unpaired) electrons. The lowest BCUT2D eigenvalue weighted by atomic mass is 10.1. The summed E-state index contributed by atoms with van der Waals surface area (Å²) >= 11 is 3.13. The van der Waals surface area contributed by atoms with Crippen molar-refractivity contribution in [2.45, 2.75) is 26.1 Å². The van der Waals surface area contributed by atoms with Crippen molar-refractivity contribution in [3.8, 4) is 0 Å². The minimum absolute atomic E-state index is 0.129. The first-order valence-electron chi connectivity index (χ1n) is 5.62. The highest BCUT2D eigenvalue weighted by atomic mass is 79.9. The van der Waals surface area contributed by atoms with Gasteiger partial charge in [-0.1, -0.05) is 0 Å². The fourth-order valence-corrected chi connectivity index (χ4v) is 2.56. The number of anilines is 2. The van der Waals surface area contributed by atoms with Crippen LogP contribution >= 0.6 is 15.9 Å². The Labute approximate surface area is 109 Å². The molecule has 1 aromatic rings. The third-order valence-corrected chi connectivity index (χ3v) is 3.44. The van der Waals surface area contributed by atoms with E-state index < -0.39 is 0 Å². The van der Waals surface area contributed by atoms with Crippen molar-refractivity contribution in [3.63, 3.8) is 0 Å². The normalized spacial score (nSPS) is 25.1. The SMILES string of the molecule is C[C@@H]1CN(c2cc(F)c(Br)cc2N)C[C@H](C)O1. The summed E-state index contributed by atoms with van der Waals surface area (Å²) in [5, 5.41) is 0. The van der Waals surface area contributed by atoms with Gasteiger partial charge in [0.2, 0.25) is 0 Å². The summed E-state index contributed by atoms with van der Waals surface area (Å²) in [7, 11) is 0. The summed E-state index contributed by atoms with van der Waals surface area (Å²) in [6.45, 7) is 5.48. The zero-order chi connectivity index (χ0) is 12.6. The second kappa shape index (κ2) is 4.82. The smallest absolute Gasteiger partial charge is 0.139 e. The van der Waals surface area contributed by atoms with Crippen molar-refractivity contribution in [2.75, 3.05) is 23.7 Å². The Morgan fingerprint density at radius 2 is 1.94 bits per heavy atom. The number of ether oxygens (including phenoxy) is 1. The molecule has 2 N–H and O–H groups in total. The maximum absolute atomic E-state index is 13.5. The Kier molecular flexibility index (Phi) is 3.58. The van der Waals surface area contributed by atoms with E-state index in [1.165, 1.54) is 6.07 Å². The summed E-state index contributed by atoms with van der Waals surface area (Å²) in [6, 6.07) is 3.08. The number of nitrogen functional groups attached to an aromatic ring is 1. The molecule has 0 saturated carbocycles. The molecule has 0 bridgehead atoms. The molecule has 0 aliphatic carbocycles. The second-order valence-electron chi connectivity index (χ2n) is 4.49. The molecule has 1 fully saturated rings. The average Bonchev–Trinajstić information content (AvgIpc) is 2.22. The van der Waals surface area contributed by atoms with Crippen molar-refractivity contribution < 1.29 is 9.13 Å². The van der Waals surface area contributed by atoms with Gasteiger partial charge in [-0.2, -0.15) is 0 Å². The fraction of sp³-hybridized carbons (Fsp3) is 0.500. The van der Waals surface area contributed by atoms with Gasteiger partial charge in [-0.05, 0) is 35.8 Å². The average molecular weight is 303 g/mol. The Bertz CT molecular complexity index is 417. The molecule has 94 valence electrons. The molecule has 0 aromatic heterocycles. The molecule has 3 nitrogen and oxygen atoms in total. The number of halogens is 2. The first kappa shape index (κ1) is 12.6. The fourth-order valence-electron chi connectivity index (χ4n) is 2.20. The molecular weight excluding hydrogens is 287 g/mol. The maximum Gasteiger partial charge on any atom is 0.139 e. The Morgan fingerprint density at radius 3 is 2.53 bits per heavy atom. The van der Waals surface area contributed by atoms with Gasteiger partial charge in [-0.3, -0.25) is 0 Å². The first-order valence-corrected chi connectivity index (χ1v) is 6.41. The molecule has 17 heavy (non-hydrogen) atoms. The summed E-state index contributed by atoms with van der Waals surface area (Å²) in [5.74, 6) is -0.291. The number of hydrogen-bond donors (Lipinski definition) is 1. The highest BCUT2D eigenvalue weighted by molar-refractivity contribution is 9.10. The molecule has 1 saturated heterocycles. The molecule has 5 heteroatoms. The van der Waals surface area contributed by atoms with Crippen LogP contribution in [0, 0.1) is 5.82 Å². The zero-order valence-electron chi connectivity index (χ0n) is 9.91. The molecule has 1 heterocycles. The Balaban J connectivity index is 2.30.